The smallest absolute Gasteiger partial charge is 0.303 e. The summed E-state index contributed by atoms with van der Waals surface area (Å²) in [5.41, 5.74) is -0.636. The Balaban J connectivity index is 2.96. The van der Waals surface area contributed by atoms with Crippen LogP contribution in [0.2, 0.25) is 0 Å². The van der Waals surface area contributed by atoms with Gasteiger partial charge in [0.25, 0.3) is 0 Å². The van der Waals surface area contributed by atoms with E-state index in [0.29, 0.717) is 13.0 Å². The van der Waals surface area contributed by atoms with E-state index in [-0.39, 0.29) is 19.3 Å². The summed E-state index contributed by atoms with van der Waals surface area (Å²) in [7, 11) is 0. The van der Waals surface area contributed by atoms with Crippen LogP contribution in [0.15, 0.2) is 0 Å². The first-order chi connectivity index (χ1) is 13.4. The molecule has 4 unspecified atom stereocenters. The molecule has 0 aliphatic carbocycles. The highest BCUT2D eigenvalue weighted by atomic mass is 16.6. The van der Waals surface area contributed by atoms with Gasteiger partial charge in [0.15, 0.2) is 12.2 Å². The van der Waals surface area contributed by atoms with Gasteiger partial charge in [-0.15, -0.1) is 0 Å². The fraction of sp³-hybridized carbons (Fsp3) is 0.850. The van der Waals surface area contributed by atoms with Gasteiger partial charge in [-0.1, -0.05) is 0 Å². The monoisotopic (exact) mass is 418 g/mol. The van der Waals surface area contributed by atoms with Crippen molar-refractivity contribution in [1.29, 1.82) is 0 Å². The van der Waals surface area contributed by atoms with Crippen LogP contribution in [0.5, 0.6) is 0 Å². The molecule has 0 spiro atoms. The van der Waals surface area contributed by atoms with Crippen molar-refractivity contribution in [2.24, 2.45) is 0 Å². The van der Waals surface area contributed by atoms with Gasteiger partial charge in [0, 0.05) is 27.4 Å². The van der Waals surface area contributed by atoms with E-state index in [1.807, 2.05) is 27.7 Å². The predicted molar refractivity (Wildman–Crippen MR) is 102 cm³/mol. The summed E-state index contributed by atoms with van der Waals surface area (Å²) < 4.78 is 33.3. The maximum absolute atomic E-state index is 11.6. The quantitative estimate of drug-likeness (QED) is 0.367. The second kappa shape index (κ2) is 11.5. The van der Waals surface area contributed by atoms with Gasteiger partial charge in [-0.3, -0.25) is 14.4 Å². The largest absolute Gasteiger partial charge is 0.463 e. The second-order valence-electron chi connectivity index (χ2n) is 7.91. The molecule has 0 aromatic rings. The molecule has 1 aliphatic rings. The van der Waals surface area contributed by atoms with Crippen molar-refractivity contribution in [3.63, 3.8) is 0 Å². The molecular weight excluding hydrogens is 384 g/mol. The van der Waals surface area contributed by atoms with Gasteiger partial charge >= 0.3 is 17.9 Å². The first kappa shape index (κ1) is 25.3. The fourth-order valence-electron chi connectivity index (χ4n) is 2.98. The number of ether oxygens (including phenoxy) is 6. The van der Waals surface area contributed by atoms with Crippen LogP contribution >= 0.6 is 0 Å². The Kier molecular flexibility index (Phi) is 10.0. The third-order valence-corrected chi connectivity index (χ3v) is 4.21. The maximum Gasteiger partial charge on any atom is 0.303 e. The van der Waals surface area contributed by atoms with Crippen molar-refractivity contribution in [2.75, 3.05) is 19.8 Å². The summed E-state index contributed by atoms with van der Waals surface area (Å²) in [6.45, 7) is 11.9. The molecule has 1 aliphatic heterocycles. The van der Waals surface area contributed by atoms with Gasteiger partial charge < -0.3 is 28.4 Å². The van der Waals surface area contributed by atoms with Crippen LogP contribution < -0.4 is 0 Å². The predicted octanol–water partition coefficient (Wildman–Crippen LogP) is 1.79. The molecule has 1 heterocycles. The van der Waals surface area contributed by atoms with Crippen molar-refractivity contribution in [1.82, 2.24) is 0 Å². The van der Waals surface area contributed by atoms with Gasteiger partial charge in [-0.05, 0) is 34.1 Å². The van der Waals surface area contributed by atoms with E-state index in [2.05, 4.69) is 0 Å². The lowest BCUT2D eigenvalue weighted by atomic mass is 10.0. The summed E-state index contributed by atoms with van der Waals surface area (Å²) in [6.07, 6.45) is -2.47. The van der Waals surface area contributed by atoms with Crippen molar-refractivity contribution in [3.8, 4) is 0 Å². The number of carbonyl (C=O) groups excluding carboxylic acids is 3. The van der Waals surface area contributed by atoms with Crippen molar-refractivity contribution in [2.45, 2.75) is 91.0 Å². The van der Waals surface area contributed by atoms with E-state index in [1.165, 1.54) is 20.8 Å². The first-order valence-electron chi connectivity index (χ1n) is 9.80. The van der Waals surface area contributed by atoms with Crippen molar-refractivity contribution < 1.29 is 42.8 Å². The van der Waals surface area contributed by atoms with E-state index < -0.39 is 47.9 Å². The molecule has 1 saturated heterocycles. The van der Waals surface area contributed by atoms with E-state index in [1.54, 1.807) is 0 Å². The Hall–Kier alpha value is -1.71. The van der Waals surface area contributed by atoms with Crippen LogP contribution in [0, 0.1) is 0 Å². The lowest BCUT2D eigenvalue weighted by Crippen LogP contribution is -2.49. The van der Waals surface area contributed by atoms with Gasteiger partial charge in [0.2, 0.25) is 0 Å². The molecule has 0 amide bonds. The number of rotatable bonds is 11. The Morgan fingerprint density at radius 2 is 1.66 bits per heavy atom. The summed E-state index contributed by atoms with van der Waals surface area (Å²) in [4.78, 5) is 34.3. The lowest BCUT2D eigenvalue weighted by molar-refractivity contribution is -0.186. The van der Waals surface area contributed by atoms with Gasteiger partial charge in [0.1, 0.15) is 18.8 Å². The molecule has 1 rings (SSSR count). The molecule has 9 nitrogen and oxygen atoms in total. The van der Waals surface area contributed by atoms with E-state index >= 15 is 0 Å². The van der Waals surface area contributed by atoms with Gasteiger partial charge in [0.05, 0.1) is 18.3 Å². The van der Waals surface area contributed by atoms with E-state index in [0.717, 1.165) is 0 Å². The Morgan fingerprint density at radius 3 is 2.17 bits per heavy atom. The van der Waals surface area contributed by atoms with Crippen molar-refractivity contribution >= 4 is 17.9 Å². The second-order valence-corrected chi connectivity index (χ2v) is 7.91. The fourth-order valence-corrected chi connectivity index (χ4v) is 2.98. The number of hydrogen-bond donors (Lipinski definition) is 0. The SMILES string of the molecule is CC(=O)OCC(OC(C)(C)CCOC(C)C)C1OCC(OC(C)=O)C1OC(C)=O. The standard InChI is InChI=1S/C20H34O9/c1-12(2)24-9-8-20(6,7)29-17(11-25-13(3)21)18-19(28-15(5)23)16(10-26-18)27-14(4)22/h12,16-19H,8-11H2,1-7H3. The zero-order valence-corrected chi connectivity index (χ0v) is 18.4. The average Bonchev–Trinajstić information content (AvgIpc) is 2.92. The van der Waals surface area contributed by atoms with E-state index in [4.69, 9.17) is 28.4 Å². The molecule has 168 valence electrons. The molecule has 0 aromatic heterocycles. The Bertz CT molecular complexity index is 558. The minimum atomic E-state index is -0.875. The van der Waals surface area contributed by atoms with Crippen LogP contribution in [-0.2, 0) is 42.8 Å². The van der Waals surface area contributed by atoms with E-state index in [9.17, 15) is 14.4 Å². The molecule has 1 fully saturated rings. The number of esters is 3. The number of hydrogen-bond acceptors (Lipinski definition) is 9. The minimum absolute atomic E-state index is 0.0407. The normalized spacial score (nSPS) is 23.0. The van der Waals surface area contributed by atoms with Gasteiger partial charge in [-0.25, -0.2) is 0 Å². The third-order valence-electron chi connectivity index (χ3n) is 4.21. The molecular formula is C20H34O9. The minimum Gasteiger partial charge on any atom is -0.463 e. The number of carbonyl (C=O) groups is 3. The molecule has 0 bridgehead atoms. The summed E-state index contributed by atoms with van der Waals surface area (Å²) in [5, 5.41) is 0. The van der Waals surface area contributed by atoms with Crippen LogP contribution in [0.25, 0.3) is 0 Å². The molecule has 4 atom stereocenters. The molecule has 0 aromatic carbocycles. The Morgan fingerprint density at radius 1 is 1.03 bits per heavy atom. The highest BCUT2D eigenvalue weighted by molar-refractivity contribution is 5.67. The van der Waals surface area contributed by atoms with Gasteiger partial charge in [-0.2, -0.15) is 0 Å². The maximum atomic E-state index is 11.6. The summed E-state index contributed by atoms with van der Waals surface area (Å²) >= 11 is 0. The van der Waals surface area contributed by atoms with Crippen LogP contribution in [0.3, 0.4) is 0 Å². The lowest BCUT2D eigenvalue weighted by Gasteiger charge is -2.35. The highest BCUT2D eigenvalue weighted by Crippen LogP contribution is 2.29. The highest BCUT2D eigenvalue weighted by Gasteiger charge is 2.48. The zero-order valence-electron chi connectivity index (χ0n) is 18.4. The summed E-state index contributed by atoms with van der Waals surface area (Å²) in [6, 6.07) is 0. The van der Waals surface area contributed by atoms with Crippen LogP contribution in [-0.4, -0.2) is 73.8 Å². The topological polar surface area (TPSA) is 107 Å². The first-order valence-corrected chi connectivity index (χ1v) is 9.80. The van der Waals surface area contributed by atoms with Crippen LogP contribution in [0.4, 0.5) is 0 Å². The van der Waals surface area contributed by atoms with Crippen LogP contribution in [0.1, 0.15) is 54.9 Å². The molecule has 0 saturated carbocycles. The Labute approximate surface area is 172 Å². The molecule has 29 heavy (non-hydrogen) atoms. The molecule has 0 N–H and O–H groups in total. The molecule has 0 radical (unpaired) electrons. The average molecular weight is 418 g/mol. The molecule has 9 heteroatoms. The summed E-state index contributed by atoms with van der Waals surface area (Å²) in [5.74, 6) is -1.53. The van der Waals surface area contributed by atoms with Crippen molar-refractivity contribution in [3.05, 3.63) is 0 Å². The third kappa shape index (κ3) is 9.56. The zero-order chi connectivity index (χ0) is 22.2.